The first-order chi connectivity index (χ1) is 9.98. The number of nitrogens with zero attached hydrogens (tertiary/aromatic N) is 1. The number of hydrogen-bond donors (Lipinski definition) is 1. The number of carbonyl (C=O) groups is 1. The molecule has 116 valence electrons. The average molecular weight is 312 g/mol. The van der Waals surface area contributed by atoms with Crippen molar-refractivity contribution in [1.29, 1.82) is 0 Å². The summed E-state index contributed by atoms with van der Waals surface area (Å²) < 4.78 is 28.3. The summed E-state index contributed by atoms with van der Waals surface area (Å²) in [4.78, 5) is 13.4. The molecule has 7 heteroatoms. The van der Waals surface area contributed by atoms with Gasteiger partial charge in [-0.15, -0.1) is 0 Å². The van der Waals surface area contributed by atoms with Crippen molar-refractivity contribution < 1.29 is 17.9 Å². The summed E-state index contributed by atoms with van der Waals surface area (Å²) in [6.07, 6.45) is 0.507. The van der Waals surface area contributed by atoms with Gasteiger partial charge in [-0.3, -0.25) is 0 Å². The third-order valence-corrected chi connectivity index (χ3v) is 5.22. The van der Waals surface area contributed by atoms with Crippen LogP contribution in [0.15, 0.2) is 30.3 Å². The smallest absolute Gasteiger partial charge is 0.317 e. The van der Waals surface area contributed by atoms with Crippen molar-refractivity contribution in [3.63, 3.8) is 0 Å². The van der Waals surface area contributed by atoms with Crippen molar-refractivity contribution in [2.45, 2.75) is 12.5 Å². The van der Waals surface area contributed by atoms with Gasteiger partial charge in [-0.2, -0.15) is 0 Å². The van der Waals surface area contributed by atoms with Gasteiger partial charge in [-0.1, -0.05) is 18.2 Å². The fraction of sp³-hybridized carbons (Fsp3) is 0.500. The van der Waals surface area contributed by atoms with Crippen LogP contribution in [0.4, 0.5) is 4.79 Å². The Balaban J connectivity index is 1.70. The molecule has 2 rings (SSSR count). The van der Waals surface area contributed by atoms with Gasteiger partial charge in [0.2, 0.25) is 0 Å². The molecule has 0 saturated carbocycles. The van der Waals surface area contributed by atoms with Crippen LogP contribution in [-0.4, -0.2) is 57.1 Å². The molecule has 0 radical (unpaired) electrons. The predicted octanol–water partition coefficient (Wildman–Crippen LogP) is 0.894. The van der Waals surface area contributed by atoms with Gasteiger partial charge in [0.1, 0.15) is 12.4 Å². The van der Waals surface area contributed by atoms with E-state index < -0.39 is 9.84 Å². The van der Waals surface area contributed by atoms with Crippen molar-refractivity contribution in [1.82, 2.24) is 10.2 Å². The zero-order valence-electron chi connectivity index (χ0n) is 12.0. The zero-order valence-corrected chi connectivity index (χ0v) is 12.8. The standard InChI is InChI=1S/C14H20N2O4S/c1-16(12-7-10-21(18,19)11-12)14(17)15-8-9-20-13-5-3-2-4-6-13/h2-6,12H,7-11H2,1H3,(H,15,17). The van der Waals surface area contributed by atoms with Crippen molar-refractivity contribution in [3.05, 3.63) is 30.3 Å². The summed E-state index contributed by atoms with van der Waals surface area (Å²) in [6.45, 7) is 0.740. The maximum absolute atomic E-state index is 11.9. The van der Waals surface area contributed by atoms with Gasteiger partial charge >= 0.3 is 6.03 Å². The van der Waals surface area contributed by atoms with Gasteiger partial charge in [0.15, 0.2) is 9.84 Å². The first kappa shape index (κ1) is 15.6. The lowest BCUT2D eigenvalue weighted by Crippen LogP contribution is -2.45. The fourth-order valence-corrected chi connectivity index (χ4v) is 3.99. The normalized spacial score (nSPS) is 20.0. The first-order valence-electron chi connectivity index (χ1n) is 6.87. The maximum atomic E-state index is 11.9. The number of para-hydroxylation sites is 1. The summed E-state index contributed by atoms with van der Waals surface area (Å²) >= 11 is 0. The molecule has 1 aliphatic heterocycles. The van der Waals surface area contributed by atoms with Gasteiger partial charge < -0.3 is 15.0 Å². The molecule has 2 amide bonds. The lowest BCUT2D eigenvalue weighted by atomic mass is 10.2. The molecule has 21 heavy (non-hydrogen) atoms. The van der Waals surface area contributed by atoms with Gasteiger partial charge in [-0.25, -0.2) is 13.2 Å². The molecule has 1 fully saturated rings. The maximum Gasteiger partial charge on any atom is 0.317 e. The number of ether oxygens (including phenoxy) is 1. The number of carbonyl (C=O) groups excluding carboxylic acids is 1. The van der Waals surface area contributed by atoms with Crippen LogP contribution in [0.5, 0.6) is 5.75 Å². The molecule has 1 heterocycles. The van der Waals surface area contributed by atoms with E-state index in [1.165, 1.54) is 4.90 Å². The Labute approximate surface area is 125 Å². The second kappa shape index (κ2) is 6.80. The molecular weight excluding hydrogens is 292 g/mol. The predicted molar refractivity (Wildman–Crippen MR) is 80.2 cm³/mol. The Bertz CT molecular complexity index is 574. The Morgan fingerprint density at radius 2 is 2.10 bits per heavy atom. The van der Waals surface area contributed by atoms with E-state index in [1.807, 2.05) is 30.3 Å². The molecule has 1 unspecified atom stereocenters. The van der Waals surface area contributed by atoms with Crippen LogP contribution in [0, 0.1) is 0 Å². The van der Waals surface area contributed by atoms with Crippen LogP contribution in [0.1, 0.15) is 6.42 Å². The Morgan fingerprint density at radius 3 is 2.71 bits per heavy atom. The summed E-state index contributed by atoms with van der Waals surface area (Å²) in [6, 6.07) is 8.84. The highest BCUT2D eigenvalue weighted by Crippen LogP contribution is 2.16. The molecular formula is C14H20N2O4S. The Hall–Kier alpha value is -1.76. The lowest BCUT2D eigenvalue weighted by Gasteiger charge is -2.23. The largest absolute Gasteiger partial charge is 0.492 e. The van der Waals surface area contributed by atoms with Crippen LogP contribution >= 0.6 is 0 Å². The minimum Gasteiger partial charge on any atom is -0.492 e. The molecule has 0 aliphatic carbocycles. The van der Waals surface area contributed by atoms with E-state index in [1.54, 1.807) is 7.05 Å². The number of nitrogens with one attached hydrogen (secondary N) is 1. The van der Waals surface area contributed by atoms with Crippen molar-refractivity contribution in [2.24, 2.45) is 0 Å². The van der Waals surface area contributed by atoms with E-state index in [9.17, 15) is 13.2 Å². The third-order valence-electron chi connectivity index (χ3n) is 3.47. The SMILES string of the molecule is CN(C(=O)NCCOc1ccccc1)C1CCS(=O)(=O)C1. The van der Waals surface area contributed by atoms with Crippen LogP contribution in [0.2, 0.25) is 0 Å². The highest BCUT2D eigenvalue weighted by atomic mass is 32.2. The van der Waals surface area contributed by atoms with Gasteiger partial charge in [0.25, 0.3) is 0 Å². The van der Waals surface area contributed by atoms with Crippen LogP contribution < -0.4 is 10.1 Å². The molecule has 1 aromatic carbocycles. The highest BCUT2D eigenvalue weighted by Gasteiger charge is 2.32. The van der Waals surface area contributed by atoms with Gasteiger partial charge in [0.05, 0.1) is 18.1 Å². The minimum absolute atomic E-state index is 0.0530. The van der Waals surface area contributed by atoms with Crippen molar-refractivity contribution >= 4 is 15.9 Å². The number of benzene rings is 1. The molecule has 1 saturated heterocycles. The van der Waals surface area contributed by atoms with E-state index in [0.29, 0.717) is 19.6 Å². The number of amides is 2. The molecule has 0 spiro atoms. The quantitative estimate of drug-likeness (QED) is 0.820. The molecule has 0 aromatic heterocycles. The zero-order chi connectivity index (χ0) is 15.3. The fourth-order valence-electron chi connectivity index (χ4n) is 2.21. The highest BCUT2D eigenvalue weighted by molar-refractivity contribution is 7.91. The number of hydrogen-bond acceptors (Lipinski definition) is 4. The minimum atomic E-state index is -2.98. The summed E-state index contributed by atoms with van der Waals surface area (Å²) in [5, 5.41) is 2.72. The lowest BCUT2D eigenvalue weighted by molar-refractivity contribution is 0.192. The van der Waals surface area contributed by atoms with E-state index in [0.717, 1.165) is 5.75 Å². The van der Waals surface area contributed by atoms with E-state index in [2.05, 4.69) is 5.32 Å². The van der Waals surface area contributed by atoms with E-state index in [4.69, 9.17) is 4.74 Å². The summed E-state index contributed by atoms with van der Waals surface area (Å²) in [5.41, 5.74) is 0. The van der Waals surface area contributed by atoms with Crippen LogP contribution in [0.25, 0.3) is 0 Å². The monoisotopic (exact) mass is 312 g/mol. The van der Waals surface area contributed by atoms with Crippen molar-refractivity contribution in [2.75, 3.05) is 31.7 Å². The Morgan fingerprint density at radius 1 is 1.38 bits per heavy atom. The summed E-state index contributed by atoms with van der Waals surface area (Å²) in [5.74, 6) is 0.964. The number of rotatable bonds is 5. The van der Waals surface area contributed by atoms with Gasteiger partial charge in [0, 0.05) is 13.1 Å². The second-order valence-corrected chi connectivity index (χ2v) is 7.29. The molecule has 1 aliphatic rings. The Kier molecular flexibility index (Phi) is 5.06. The van der Waals surface area contributed by atoms with Crippen molar-refractivity contribution in [3.8, 4) is 5.75 Å². The third kappa shape index (κ3) is 4.63. The number of urea groups is 1. The van der Waals surface area contributed by atoms with Crippen LogP contribution in [0.3, 0.4) is 0 Å². The molecule has 0 bridgehead atoms. The summed E-state index contributed by atoms with van der Waals surface area (Å²) in [7, 11) is -1.36. The average Bonchev–Trinajstić information content (AvgIpc) is 2.84. The topological polar surface area (TPSA) is 75.7 Å². The molecule has 6 nitrogen and oxygen atoms in total. The molecule has 1 aromatic rings. The first-order valence-corrected chi connectivity index (χ1v) is 8.69. The number of sulfone groups is 1. The van der Waals surface area contributed by atoms with E-state index in [-0.39, 0.29) is 23.6 Å². The second-order valence-electron chi connectivity index (χ2n) is 5.06. The molecule has 1 atom stereocenters. The molecule has 1 N–H and O–H groups in total. The van der Waals surface area contributed by atoms with E-state index >= 15 is 0 Å². The van der Waals surface area contributed by atoms with Crippen LogP contribution in [-0.2, 0) is 9.84 Å². The van der Waals surface area contributed by atoms with Gasteiger partial charge in [-0.05, 0) is 18.6 Å².